The van der Waals surface area contributed by atoms with Crippen LogP contribution in [0.5, 0.6) is 11.5 Å². The van der Waals surface area contributed by atoms with Gasteiger partial charge >= 0.3 is 16.8 Å². The second-order valence-electron chi connectivity index (χ2n) is 12.6. The number of rotatable bonds is 6. The molecule has 0 atom stereocenters. The number of aliphatic imine (C=N–C) groups is 2. The molecular weight excluding hydrogens is 579 g/mol. The molecule has 0 saturated carbocycles. The van der Waals surface area contributed by atoms with E-state index in [0.717, 1.165) is 25.0 Å². The van der Waals surface area contributed by atoms with Crippen LogP contribution in [0, 0.1) is 0 Å². The fourth-order valence-corrected chi connectivity index (χ4v) is 3.69. The first kappa shape index (κ1) is 41.0. The average molecular weight is 628 g/mol. The van der Waals surface area contributed by atoms with Crippen LogP contribution in [-0.4, -0.2) is 41.2 Å². The number of carbonyl (C=O) groups excluding carboxylic acids is 2. The molecule has 8 nitrogen and oxygen atoms in total. The topological polar surface area (TPSA) is 145 Å². The number of carboxylic acids is 2. The Labute approximate surface area is 262 Å². The summed E-state index contributed by atoms with van der Waals surface area (Å²) in [7, 11) is 0. The molecule has 2 aromatic rings. The zero-order valence-electron chi connectivity index (χ0n) is 27.1. The molecule has 2 aromatic carbocycles. The Morgan fingerprint density at radius 2 is 0.976 bits per heavy atom. The van der Waals surface area contributed by atoms with Crippen molar-refractivity contribution in [2.24, 2.45) is 9.98 Å². The molecular formula is C33H48CoN2O6. The van der Waals surface area contributed by atoms with E-state index in [1.807, 2.05) is 12.1 Å². The first-order chi connectivity index (χ1) is 18.6. The number of phenols is 2. The third-order valence-corrected chi connectivity index (χ3v) is 5.90. The fourth-order valence-electron chi connectivity index (χ4n) is 3.69. The van der Waals surface area contributed by atoms with E-state index < -0.39 is 11.9 Å². The molecule has 0 fully saturated rings. The van der Waals surface area contributed by atoms with Gasteiger partial charge in [0.1, 0.15) is 18.2 Å². The summed E-state index contributed by atoms with van der Waals surface area (Å²) in [5.41, 5.74) is 5.27. The van der Waals surface area contributed by atoms with Crippen LogP contribution in [0.3, 0.4) is 0 Å². The Morgan fingerprint density at radius 3 is 1.19 bits per heavy atom. The molecule has 0 aliphatic heterocycles. The summed E-state index contributed by atoms with van der Waals surface area (Å²) >= 11 is 0. The van der Waals surface area contributed by atoms with E-state index in [-0.39, 0.29) is 45.8 Å². The van der Waals surface area contributed by atoms with Crippen molar-refractivity contribution in [3.63, 3.8) is 0 Å². The Balaban J connectivity index is 0. The van der Waals surface area contributed by atoms with Gasteiger partial charge in [0, 0.05) is 46.6 Å². The predicted molar refractivity (Wildman–Crippen MR) is 163 cm³/mol. The van der Waals surface area contributed by atoms with Crippen molar-refractivity contribution in [2.45, 2.75) is 106 Å². The fraction of sp³-hybridized carbons (Fsp3) is 0.515. The Bertz CT molecular complexity index is 1130. The first-order valence-electron chi connectivity index (χ1n) is 13.7. The van der Waals surface area contributed by atoms with Gasteiger partial charge in [-0.25, -0.2) is 0 Å². The maximum absolute atomic E-state index is 10.8. The predicted octanol–water partition coefficient (Wildman–Crippen LogP) is 4.95. The van der Waals surface area contributed by atoms with Gasteiger partial charge in [0.05, 0.1) is 0 Å². The number of aromatic hydroxyl groups is 2. The van der Waals surface area contributed by atoms with E-state index >= 15 is 0 Å². The van der Waals surface area contributed by atoms with Crippen LogP contribution in [0.15, 0.2) is 34.3 Å². The third-order valence-electron chi connectivity index (χ3n) is 5.90. The van der Waals surface area contributed by atoms with E-state index in [1.165, 1.54) is 11.1 Å². The minimum absolute atomic E-state index is 0. The van der Waals surface area contributed by atoms with Crippen molar-refractivity contribution in [3.05, 3.63) is 57.6 Å². The first-order valence-corrected chi connectivity index (χ1v) is 13.7. The molecule has 1 radical (unpaired) electrons. The van der Waals surface area contributed by atoms with Crippen molar-refractivity contribution in [1.82, 2.24) is 0 Å². The van der Waals surface area contributed by atoms with Crippen LogP contribution < -0.4 is 10.2 Å². The van der Waals surface area contributed by atoms with Crippen LogP contribution in [0.25, 0.3) is 0 Å². The molecule has 0 bridgehead atoms. The molecule has 0 saturated heterocycles. The summed E-state index contributed by atoms with van der Waals surface area (Å²) in [6.45, 7) is 23.3. The van der Waals surface area contributed by atoms with Crippen molar-refractivity contribution in [1.29, 1.82) is 0 Å². The van der Waals surface area contributed by atoms with Gasteiger partial charge in [-0.05, 0) is 59.8 Å². The summed E-state index contributed by atoms with van der Waals surface area (Å²) in [6.07, 6.45) is 3.39. The maximum atomic E-state index is 10.8. The number of carbonyl (C=O) groups is 2. The monoisotopic (exact) mass is 627 g/mol. The molecule has 0 aromatic heterocycles. The number of nitrogens with zero attached hydrogens (tertiary/aromatic N) is 2. The number of aliphatic carboxylic acids is 2. The summed E-state index contributed by atoms with van der Waals surface area (Å²) < 4.78 is 0. The molecule has 2 N–H and O–H groups in total. The normalized spacial score (nSPS) is 11.6. The van der Waals surface area contributed by atoms with Crippen LogP contribution in [-0.2, 0) is 37.2 Å². The molecule has 0 aliphatic carbocycles. The summed E-state index contributed by atoms with van der Waals surface area (Å²) in [5, 5.41) is 39.4. The van der Waals surface area contributed by atoms with Gasteiger partial charge < -0.3 is 30.0 Å². The number of hydrogen-bond acceptors (Lipinski definition) is 8. The van der Waals surface area contributed by atoms with Crippen LogP contribution in [0.4, 0.5) is 0 Å². The Morgan fingerprint density at radius 1 is 0.714 bits per heavy atom. The van der Waals surface area contributed by atoms with Gasteiger partial charge in [-0.2, -0.15) is 0 Å². The second-order valence-corrected chi connectivity index (χ2v) is 12.6. The minimum Gasteiger partial charge on any atom is -0.550 e. The molecule has 42 heavy (non-hydrogen) atoms. The number of carboxylic acid groups (broad SMARTS) is 2. The van der Waals surface area contributed by atoms with Gasteiger partial charge in [-0.1, -0.05) is 81.4 Å². The van der Waals surface area contributed by atoms with Crippen molar-refractivity contribution in [3.8, 4) is 11.5 Å². The standard InChI is InChI=1S/C29H42N2O2.2C2H4O2.Co/c1-18(2)20-11-22(26(32)24(13-20)28(5,6)7)15-30-17-31-16-23-12-21(19(3)4)14-25(27(23)33)29(8,9)10;2*1-2(3)4;/h11-16,18-19,32-33H,17H2,1-10H3;2*1H3,(H,3,4);/q;;;+2/p-2. The largest absolute Gasteiger partial charge is 2.00 e. The zero-order valence-corrected chi connectivity index (χ0v) is 28.1. The van der Waals surface area contributed by atoms with Gasteiger partial charge in [-0.3, -0.25) is 9.98 Å². The van der Waals surface area contributed by atoms with Crippen LogP contribution in [0.2, 0.25) is 0 Å². The average Bonchev–Trinajstić information content (AvgIpc) is 2.78. The number of benzene rings is 2. The maximum Gasteiger partial charge on any atom is 2.00 e. The van der Waals surface area contributed by atoms with Gasteiger partial charge in [0.25, 0.3) is 0 Å². The SMILES string of the molecule is CC(=O)[O-].CC(=O)[O-].CC(C)c1cc(C=NCN=Cc2cc(C(C)C)cc(C(C)(C)C)c2O)c(O)c(C(C)(C)C)c1.[Co+2]. The quantitative estimate of drug-likeness (QED) is 0.434. The molecule has 0 spiro atoms. The number of phenolic OH excluding ortho intramolecular Hbond substituents is 2. The molecule has 0 aliphatic rings. The van der Waals surface area contributed by atoms with Gasteiger partial charge in [-0.15, -0.1) is 0 Å². The van der Waals surface area contributed by atoms with Gasteiger partial charge in [0.15, 0.2) is 0 Å². The van der Waals surface area contributed by atoms with E-state index in [2.05, 4.69) is 91.4 Å². The van der Waals surface area contributed by atoms with Crippen molar-refractivity contribution in [2.75, 3.05) is 6.67 Å². The molecule has 0 amide bonds. The Hall–Kier alpha value is -3.17. The summed E-state index contributed by atoms with van der Waals surface area (Å²) in [6, 6.07) is 8.17. The molecule has 0 unspecified atom stereocenters. The third kappa shape index (κ3) is 14.6. The molecule has 0 heterocycles. The van der Waals surface area contributed by atoms with Crippen LogP contribution >= 0.6 is 0 Å². The van der Waals surface area contributed by atoms with E-state index in [1.54, 1.807) is 12.4 Å². The van der Waals surface area contributed by atoms with Crippen molar-refractivity contribution >= 4 is 24.4 Å². The van der Waals surface area contributed by atoms with Gasteiger partial charge in [0.2, 0.25) is 0 Å². The molecule has 9 heteroatoms. The zero-order chi connectivity index (χ0) is 32.3. The second kappa shape index (κ2) is 17.7. The molecule has 235 valence electrons. The van der Waals surface area contributed by atoms with Crippen LogP contribution in [0.1, 0.15) is 128 Å². The van der Waals surface area contributed by atoms with Crippen molar-refractivity contribution < 1.29 is 46.8 Å². The summed E-state index contributed by atoms with van der Waals surface area (Å²) in [4.78, 5) is 26.6. The molecule has 2 rings (SSSR count). The Kier molecular flexibility index (Phi) is 17.3. The minimum atomic E-state index is -1.08. The van der Waals surface area contributed by atoms with E-state index in [0.29, 0.717) is 23.0 Å². The summed E-state index contributed by atoms with van der Waals surface area (Å²) in [5.74, 6) is -0.913. The number of hydrogen-bond donors (Lipinski definition) is 2. The smallest absolute Gasteiger partial charge is 0.550 e. The van der Waals surface area contributed by atoms with E-state index in [4.69, 9.17) is 19.8 Å². The van der Waals surface area contributed by atoms with E-state index in [9.17, 15) is 10.2 Å².